The monoisotopic (exact) mass is 222 g/mol. The van der Waals surface area contributed by atoms with Crippen LogP contribution in [-0.2, 0) is 0 Å². The molecule has 1 rings (SSSR count). The van der Waals surface area contributed by atoms with Gasteiger partial charge in [0.05, 0.1) is 12.4 Å². The highest BCUT2D eigenvalue weighted by molar-refractivity contribution is 5.41. The third-order valence-electron chi connectivity index (χ3n) is 1.99. The fourth-order valence-electron chi connectivity index (χ4n) is 1.15. The van der Waals surface area contributed by atoms with Gasteiger partial charge < -0.3 is 10.6 Å². The predicted molar refractivity (Wildman–Crippen MR) is 68.8 cm³/mol. The molecule has 4 nitrogen and oxygen atoms in total. The van der Waals surface area contributed by atoms with Crippen LogP contribution in [0.3, 0.4) is 0 Å². The topological polar surface area (TPSA) is 49.8 Å². The second kappa shape index (κ2) is 5.68. The van der Waals surface area contributed by atoms with Crippen molar-refractivity contribution in [2.24, 2.45) is 5.41 Å². The Morgan fingerprint density at radius 3 is 2.31 bits per heavy atom. The molecule has 0 unspecified atom stereocenters. The van der Waals surface area contributed by atoms with E-state index in [0.717, 1.165) is 31.1 Å². The number of aromatic nitrogens is 2. The quantitative estimate of drug-likeness (QED) is 0.804. The maximum absolute atomic E-state index is 4.43. The van der Waals surface area contributed by atoms with E-state index in [9.17, 15) is 0 Å². The molecule has 1 aromatic rings. The molecule has 0 saturated heterocycles. The van der Waals surface area contributed by atoms with Crippen LogP contribution in [0.2, 0.25) is 0 Å². The van der Waals surface area contributed by atoms with Gasteiger partial charge in [0.25, 0.3) is 0 Å². The lowest BCUT2D eigenvalue weighted by Gasteiger charge is -2.19. The summed E-state index contributed by atoms with van der Waals surface area (Å²) >= 11 is 0. The fourth-order valence-corrected chi connectivity index (χ4v) is 1.15. The minimum absolute atomic E-state index is 0.245. The van der Waals surface area contributed by atoms with Crippen LogP contribution in [0.4, 0.5) is 11.6 Å². The molecule has 4 heteroatoms. The first kappa shape index (κ1) is 12.7. The van der Waals surface area contributed by atoms with Crippen LogP contribution in [0.15, 0.2) is 12.4 Å². The Labute approximate surface area is 97.9 Å². The van der Waals surface area contributed by atoms with Gasteiger partial charge in [0, 0.05) is 13.1 Å². The second-order valence-corrected chi connectivity index (χ2v) is 5.13. The molecule has 0 aliphatic carbocycles. The van der Waals surface area contributed by atoms with Crippen molar-refractivity contribution in [3.05, 3.63) is 12.4 Å². The summed E-state index contributed by atoms with van der Waals surface area (Å²) in [5.41, 5.74) is 0.245. The predicted octanol–water partition coefficient (Wildman–Crippen LogP) is 2.76. The summed E-state index contributed by atoms with van der Waals surface area (Å²) in [7, 11) is 0. The molecule has 0 amide bonds. The fraction of sp³-hybridized carbons (Fsp3) is 0.667. The van der Waals surface area contributed by atoms with Crippen LogP contribution in [0.1, 0.15) is 34.1 Å². The molecule has 1 aromatic heterocycles. The van der Waals surface area contributed by atoms with Crippen LogP contribution < -0.4 is 10.6 Å². The average Bonchev–Trinajstić information content (AvgIpc) is 2.23. The van der Waals surface area contributed by atoms with Crippen LogP contribution in [0.5, 0.6) is 0 Å². The van der Waals surface area contributed by atoms with Gasteiger partial charge in [-0.05, 0) is 11.8 Å². The zero-order chi connectivity index (χ0) is 12.0. The van der Waals surface area contributed by atoms with Crippen LogP contribution in [-0.4, -0.2) is 23.1 Å². The summed E-state index contributed by atoms with van der Waals surface area (Å²) in [5, 5.41) is 6.51. The molecule has 1 heterocycles. The van der Waals surface area contributed by atoms with Crippen molar-refractivity contribution >= 4 is 11.6 Å². The lowest BCUT2D eigenvalue weighted by Crippen LogP contribution is -2.19. The maximum atomic E-state index is 4.43. The summed E-state index contributed by atoms with van der Waals surface area (Å²) in [4.78, 5) is 8.58. The molecular weight excluding hydrogens is 200 g/mol. The van der Waals surface area contributed by atoms with E-state index < -0.39 is 0 Å². The standard InChI is InChI=1S/C12H22N4/c1-5-6-14-10-7-13-8-11(16-10)15-9-12(2,3)4/h7-8H,5-6,9H2,1-4H3,(H2,14,15,16). The Hall–Kier alpha value is -1.32. The Kier molecular flexibility index (Phi) is 4.52. The summed E-state index contributed by atoms with van der Waals surface area (Å²) < 4.78 is 0. The van der Waals surface area contributed by atoms with Crippen molar-refractivity contribution in [2.45, 2.75) is 34.1 Å². The summed E-state index contributed by atoms with van der Waals surface area (Å²) in [6, 6.07) is 0. The van der Waals surface area contributed by atoms with Crippen molar-refractivity contribution in [1.29, 1.82) is 0 Å². The van der Waals surface area contributed by atoms with Crippen molar-refractivity contribution in [3.63, 3.8) is 0 Å². The van der Waals surface area contributed by atoms with E-state index in [0.29, 0.717) is 0 Å². The molecule has 0 radical (unpaired) electrons. The lowest BCUT2D eigenvalue weighted by molar-refractivity contribution is 0.442. The van der Waals surface area contributed by atoms with Gasteiger partial charge >= 0.3 is 0 Å². The minimum atomic E-state index is 0.245. The van der Waals surface area contributed by atoms with Gasteiger partial charge in [0.2, 0.25) is 0 Å². The van der Waals surface area contributed by atoms with Gasteiger partial charge in [0.15, 0.2) is 0 Å². The van der Waals surface area contributed by atoms with Gasteiger partial charge in [-0.25, -0.2) is 4.98 Å². The van der Waals surface area contributed by atoms with E-state index in [4.69, 9.17) is 0 Å². The third kappa shape index (κ3) is 4.96. The van der Waals surface area contributed by atoms with E-state index in [2.05, 4.69) is 48.3 Å². The zero-order valence-electron chi connectivity index (χ0n) is 10.7. The molecule has 0 spiro atoms. The first-order valence-electron chi connectivity index (χ1n) is 5.81. The molecule has 0 aliphatic rings. The van der Waals surface area contributed by atoms with E-state index >= 15 is 0 Å². The SMILES string of the molecule is CCCNc1cncc(NCC(C)(C)C)n1. The second-order valence-electron chi connectivity index (χ2n) is 5.13. The first-order chi connectivity index (χ1) is 7.51. The Balaban J connectivity index is 2.53. The molecule has 16 heavy (non-hydrogen) atoms. The molecule has 0 aliphatic heterocycles. The highest BCUT2D eigenvalue weighted by atomic mass is 15.1. The number of nitrogens with zero attached hydrogens (tertiary/aromatic N) is 2. The highest BCUT2D eigenvalue weighted by Gasteiger charge is 2.09. The summed E-state index contributed by atoms with van der Waals surface area (Å²) in [5.74, 6) is 1.66. The average molecular weight is 222 g/mol. The zero-order valence-corrected chi connectivity index (χ0v) is 10.7. The number of rotatable bonds is 5. The van der Waals surface area contributed by atoms with Gasteiger partial charge in [0.1, 0.15) is 11.6 Å². The van der Waals surface area contributed by atoms with E-state index in [-0.39, 0.29) is 5.41 Å². The normalized spacial score (nSPS) is 11.2. The molecule has 2 N–H and O–H groups in total. The summed E-state index contributed by atoms with van der Waals surface area (Å²) in [6.07, 6.45) is 4.59. The lowest BCUT2D eigenvalue weighted by atomic mass is 9.97. The molecular formula is C12H22N4. The van der Waals surface area contributed by atoms with Gasteiger partial charge in [-0.15, -0.1) is 0 Å². The van der Waals surface area contributed by atoms with Crippen LogP contribution >= 0.6 is 0 Å². The van der Waals surface area contributed by atoms with Gasteiger partial charge in [-0.2, -0.15) is 0 Å². The van der Waals surface area contributed by atoms with E-state index in [1.54, 1.807) is 12.4 Å². The maximum Gasteiger partial charge on any atom is 0.146 e. The molecule has 0 fully saturated rings. The Morgan fingerprint density at radius 2 is 1.75 bits per heavy atom. The summed E-state index contributed by atoms with van der Waals surface area (Å²) in [6.45, 7) is 10.5. The smallest absolute Gasteiger partial charge is 0.146 e. The largest absolute Gasteiger partial charge is 0.369 e. The Bertz CT molecular complexity index is 317. The molecule has 0 aromatic carbocycles. The molecule has 90 valence electrons. The number of anilines is 2. The van der Waals surface area contributed by atoms with Gasteiger partial charge in [-0.1, -0.05) is 27.7 Å². The van der Waals surface area contributed by atoms with Crippen molar-refractivity contribution < 1.29 is 0 Å². The van der Waals surface area contributed by atoms with E-state index in [1.807, 2.05) is 0 Å². The highest BCUT2D eigenvalue weighted by Crippen LogP contribution is 2.14. The number of hydrogen-bond acceptors (Lipinski definition) is 4. The number of nitrogens with one attached hydrogen (secondary N) is 2. The molecule has 0 saturated carbocycles. The first-order valence-corrected chi connectivity index (χ1v) is 5.81. The van der Waals surface area contributed by atoms with Crippen LogP contribution in [0, 0.1) is 5.41 Å². The van der Waals surface area contributed by atoms with Crippen molar-refractivity contribution in [1.82, 2.24) is 9.97 Å². The van der Waals surface area contributed by atoms with Crippen molar-refractivity contribution in [3.8, 4) is 0 Å². The van der Waals surface area contributed by atoms with E-state index in [1.165, 1.54) is 0 Å². The number of hydrogen-bond donors (Lipinski definition) is 2. The molecule has 0 atom stereocenters. The van der Waals surface area contributed by atoms with Crippen molar-refractivity contribution in [2.75, 3.05) is 23.7 Å². The minimum Gasteiger partial charge on any atom is -0.369 e. The molecule has 0 bridgehead atoms. The Morgan fingerprint density at radius 1 is 1.12 bits per heavy atom. The van der Waals surface area contributed by atoms with Crippen LogP contribution in [0.25, 0.3) is 0 Å². The van der Waals surface area contributed by atoms with Gasteiger partial charge in [-0.3, -0.25) is 4.98 Å². The third-order valence-corrected chi connectivity index (χ3v) is 1.99.